The lowest BCUT2D eigenvalue weighted by atomic mass is 9.68. The molecule has 2 amide bonds. The second-order valence-corrected chi connectivity index (χ2v) is 5.32. The molecule has 1 N–H and O–H groups in total. The zero-order valence-corrected chi connectivity index (χ0v) is 11.0. The third-order valence-electron chi connectivity index (χ3n) is 4.40. The summed E-state index contributed by atoms with van der Waals surface area (Å²) in [5.41, 5.74) is 1.76. The van der Waals surface area contributed by atoms with Gasteiger partial charge in [-0.1, -0.05) is 12.1 Å². The second kappa shape index (κ2) is 4.00. The van der Waals surface area contributed by atoms with Crippen LogP contribution >= 0.6 is 0 Å². The van der Waals surface area contributed by atoms with Crippen molar-refractivity contribution in [3.8, 4) is 0 Å². The molecule has 98 valence electrons. The molecule has 2 aliphatic rings. The summed E-state index contributed by atoms with van der Waals surface area (Å²) in [7, 11) is 0. The first-order valence-electron chi connectivity index (χ1n) is 6.70. The molecule has 0 unspecified atom stereocenters. The molecular weight excluding hydrogens is 230 g/mol. The van der Waals surface area contributed by atoms with Gasteiger partial charge in [0.25, 0.3) is 0 Å². The van der Waals surface area contributed by atoms with E-state index in [1.54, 1.807) is 0 Å². The van der Waals surface area contributed by atoms with E-state index in [0.717, 1.165) is 43.6 Å². The fourth-order valence-corrected chi connectivity index (χ4v) is 2.96. The van der Waals surface area contributed by atoms with Crippen molar-refractivity contribution in [1.29, 1.82) is 0 Å². The van der Waals surface area contributed by atoms with Gasteiger partial charge < -0.3 is 14.7 Å². The topological polar surface area (TPSA) is 58.4 Å². The quantitative estimate of drug-likeness (QED) is 0.876. The van der Waals surface area contributed by atoms with Crippen LogP contribution in [-0.2, 0) is 6.42 Å². The van der Waals surface area contributed by atoms with Crippen molar-refractivity contribution in [1.82, 2.24) is 10.1 Å². The highest BCUT2D eigenvalue weighted by molar-refractivity contribution is 5.91. The highest BCUT2D eigenvalue weighted by Crippen LogP contribution is 2.47. The minimum absolute atomic E-state index is 0.00181. The molecule has 5 nitrogen and oxygen atoms in total. The van der Waals surface area contributed by atoms with E-state index in [2.05, 4.69) is 10.5 Å². The first-order chi connectivity index (χ1) is 8.66. The molecule has 1 saturated heterocycles. The molecule has 0 atom stereocenters. The highest BCUT2D eigenvalue weighted by Gasteiger charge is 2.51. The van der Waals surface area contributed by atoms with Crippen LogP contribution in [0.5, 0.6) is 0 Å². The Labute approximate surface area is 107 Å². The van der Waals surface area contributed by atoms with E-state index < -0.39 is 0 Å². The molecule has 3 rings (SSSR count). The molecule has 18 heavy (non-hydrogen) atoms. The smallest absolute Gasteiger partial charge is 0.322 e. The zero-order chi connectivity index (χ0) is 12.8. The number of aromatic nitrogens is 1. The van der Waals surface area contributed by atoms with E-state index in [9.17, 15) is 4.79 Å². The summed E-state index contributed by atoms with van der Waals surface area (Å²) in [5.74, 6) is 0.684. The molecule has 0 radical (unpaired) electrons. The summed E-state index contributed by atoms with van der Waals surface area (Å²) in [6, 6.07) is 0.00181. The van der Waals surface area contributed by atoms with Crippen molar-refractivity contribution >= 4 is 11.7 Å². The number of hydrogen-bond acceptors (Lipinski definition) is 3. The van der Waals surface area contributed by atoms with E-state index in [4.69, 9.17) is 4.52 Å². The van der Waals surface area contributed by atoms with Crippen LogP contribution < -0.4 is 5.32 Å². The van der Waals surface area contributed by atoms with Crippen molar-refractivity contribution < 1.29 is 9.32 Å². The summed E-state index contributed by atoms with van der Waals surface area (Å²) in [6.45, 7) is 4.71. The van der Waals surface area contributed by atoms with Gasteiger partial charge in [0.1, 0.15) is 11.4 Å². The van der Waals surface area contributed by atoms with Crippen molar-refractivity contribution in [2.45, 2.75) is 51.5 Å². The molecule has 2 heterocycles. The van der Waals surface area contributed by atoms with Crippen LogP contribution in [-0.4, -0.2) is 28.2 Å². The highest BCUT2D eigenvalue weighted by atomic mass is 16.5. The lowest BCUT2D eigenvalue weighted by molar-refractivity contribution is -0.0319. The van der Waals surface area contributed by atoms with Crippen molar-refractivity contribution in [2.75, 3.05) is 11.9 Å². The van der Waals surface area contributed by atoms with Gasteiger partial charge >= 0.3 is 6.03 Å². The van der Waals surface area contributed by atoms with E-state index in [1.807, 2.05) is 18.7 Å². The SMILES string of the molecule is CCc1noc(C)c1NC(=O)N1CCC12CCC2. The molecule has 0 bridgehead atoms. The first kappa shape index (κ1) is 11.6. The number of carbonyl (C=O) groups is 1. The Bertz CT molecular complexity index is 471. The third kappa shape index (κ3) is 1.53. The average Bonchev–Trinajstić information content (AvgIpc) is 2.56. The maximum Gasteiger partial charge on any atom is 0.322 e. The monoisotopic (exact) mass is 249 g/mol. The Morgan fingerprint density at radius 3 is 2.78 bits per heavy atom. The maximum absolute atomic E-state index is 12.3. The maximum atomic E-state index is 12.3. The summed E-state index contributed by atoms with van der Waals surface area (Å²) in [5, 5.41) is 6.92. The van der Waals surface area contributed by atoms with Crippen molar-refractivity contribution in [3.05, 3.63) is 11.5 Å². The Balaban J connectivity index is 1.72. The van der Waals surface area contributed by atoms with Crippen molar-refractivity contribution in [3.63, 3.8) is 0 Å². The van der Waals surface area contributed by atoms with Crippen molar-refractivity contribution in [2.24, 2.45) is 0 Å². The Hall–Kier alpha value is -1.52. The number of hydrogen-bond donors (Lipinski definition) is 1. The van der Waals surface area contributed by atoms with Gasteiger partial charge in [-0.2, -0.15) is 0 Å². The summed E-state index contributed by atoms with van der Waals surface area (Å²) < 4.78 is 5.13. The fraction of sp³-hybridized carbons (Fsp3) is 0.692. The van der Waals surface area contributed by atoms with Gasteiger partial charge in [0.15, 0.2) is 5.76 Å². The van der Waals surface area contributed by atoms with Crippen LogP contribution in [0.2, 0.25) is 0 Å². The van der Waals surface area contributed by atoms with Gasteiger partial charge in [0, 0.05) is 12.1 Å². The van der Waals surface area contributed by atoms with Crippen LogP contribution in [0.25, 0.3) is 0 Å². The number of urea groups is 1. The Morgan fingerprint density at radius 2 is 2.28 bits per heavy atom. The summed E-state index contributed by atoms with van der Waals surface area (Å²) in [6.07, 6.45) is 5.48. The van der Waals surface area contributed by atoms with E-state index in [0.29, 0.717) is 5.76 Å². The fourth-order valence-electron chi connectivity index (χ4n) is 2.96. The molecule has 1 saturated carbocycles. The van der Waals surface area contributed by atoms with E-state index in [-0.39, 0.29) is 11.6 Å². The summed E-state index contributed by atoms with van der Waals surface area (Å²) >= 11 is 0. The number of amides is 2. The number of carbonyl (C=O) groups excluding carboxylic acids is 1. The van der Waals surface area contributed by atoms with Gasteiger partial charge in [-0.25, -0.2) is 4.79 Å². The molecular formula is C13H19N3O2. The van der Waals surface area contributed by atoms with Crippen LogP contribution in [0, 0.1) is 6.92 Å². The molecule has 1 aliphatic carbocycles. The van der Waals surface area contributed by atoms with E-state index in [1.165, 1.54) is 6.42 Å². The molecule has 1 spiro atoms. The van der Waals surface area contributed by atoms with Crippen LogP contribution in [0.3, 0.4) is 0 Å². The van der Waals surface area contributed by atoms with E-state index >= 15 is 0 Å². The van der Waals surface area contributed by atoms with Gasteiger partial charge in [-0.3, -0.25) is 0 Å². The van der Waals surface area contributed by atoms with Crippen LogP contribution in [0.15, 0.2) is 4.52 Å². The molecule has 1 aromatic heterocycles. The number of likely N-dealkylation sites (tertiary alicyclic amines) is 1. The zero-order valence-electron chi connectivity index (χ0n) is 11.0. The molecule has 0 aromatic carbocycles. The molecule has 1 aliphatic heterocycles. The van der Waals surface area contributed by atoms with Gasteiger partial charge in [-0.15, -0.1) is 0 Å². The van der Waals surface area contributed by atoms with Gasteiger partial charge in [0.05, 0.1) is 0 Å². The van der Waals surface area contributed by atoms with Gasteiger partial charge in [0.2, 0.25) is 0 Å². The minimum atomic E-state index is 0.00181. The average molecular weight is 249 g/mol. The predicted molar refractivity (Wildman–Crippen MR) is 67.5 cm³/mol. The Morgan fingerprint density at radius 1 is 1.50 bits per heavy atom. The second-order valence-electron chi connectivity index (χ2n) is 5.32. The normalized spacial score (nSPS) is 20.4. The van der Waals surface area contributed by atoms with Crippen LogP contribution in [0.4, 0.5) is 10.5 Å². The molecule has 1 aromatic rings. The predicted octanol–water partition coefficient (Wildman–Crippen LogP) is 2.71. The first-order valence-corrected chi connectivity index (χ1v) is 6.70. The number of anilines is 1. The largest absolute Gasteiger partial charge is 0.359 e. The van der Waals surface area contributed by atoms with Crippen LogP contribution in [0.1, 0.15) is 44.1 Å². The minimum Gasteiger partial charge on any atom is -0.359 e. The van der Waals surface area contributed by atoms with Gasteiger partial charge in [-0.05, 0) is 39.0 Å². The molecule has 5 heteroatoms. The number of aryl methyl sites for hydroxylation is 2. The standard InChI is InChI=1S/C13H19N3O2/c1-3-10-11(9(2)18-15-10)14-12(17)16-8-7-13(16)5-4-6-13/h3-8H2,1-2H3,(H,14,17). The number of nitrogens with one attached hydrogen (secondary N) is 1. The third-order valence-corrected chi connectivity index (χ3v) is 4.40. The lowest BCUT2D eigenvalue weighted by Crippen LogP contribution is -2.66. The lowest BCUT2D eigenvalue weighted by Gasteiger charge is -2.58. The number of rotatable bonds is 2. The summed E-state index contributed by atoms with van der Waals surface area (Å²) in [4.78, 5) is 14.2. The Kier molecular flexibility index (Phi) is 2.57. The number of nitrogens with zero attached hydrogens (tertiary/aromatic N) is 2. The molecule has 2 fully saturated rings.